The average Bonchev–Trinajstić information content (AvgIpc) is 2.75. The normalized spacial score (nSPS) is 12.3. The van der Waals surface area contributed by atoms with Crippen molar-refractivity contribution in [2.24, 2.45) is 0 Å². The second kappa shape index (κ2) is 5.38. The fourth-order valence-corrected chi connectivity index (χ4v) is 3.13. The fraction of sp³-hybridized carbons (Fsp3) is 0.0909. The van der Waals surface area contributed by atoms with E-state index in [9.17, 15) is 31.2 Å². The van der Waals surface area contributed by atoms with Crippen LogP contribution >= 0.6 is 11.3 Å². The monoisotopic (exact) mass is 370 g/mol. The van der Waals surface area contributed by atoms with E-state index in [1.54, 1.807) is 0 Å². The summed E-state index contributed by atoms with van der Waals surface area (Å²) in [5.41, 5.74) is -5.99. The minimum Gasteiger partial charge on any atom is -0.478 e. The fourth-order valence-electron chi connectivity index (χ4n) is 1.59. The Bertz CT molecular complexity index is 912. The molecular weight excluding hydrogens is 365 g/mol. The lowest BCUT2D eigenvalue weighted by molar-refractivity contribution is -0.0499. The van der Waals surface area contributed by atoms with Gasteiger partial charge in [0.25, 0.3) is 0 Å². The van der Waals surface area contributed by atoms with E-state index >= 15 is 0 Å². The number of fused-ring (bicyclic) bond motifs is 1. The van der Waals surface area contributed by atoms with E-state index < -0.39 is 38.2 Å². The van der Waals surface area contributed by atoms with Gasteiger partial charge in [-0.25, -0.2) is 9.59 Å². The number of carboxylic acids is 2. The average molecular weight is 370 g/mol. The molecule has 12 heteroatoms. The number of rotatable bonds is 4. The maximum Gasteiger partial charge on any atom is 0.534 e. The standard InChI is InChI=1S/C11H5F3O7S2/c12-11(13,14)23(19,20)21-7-5-2-1-4(9(15)16)3-6(5)22-8(7)10(17)18/h1-3H,(H,15,16)(H,17,18). The Kier molecular flexibility index (Phi) is 3.98. The summed E-state index contributed by atoms with van der Waals surface area (Å²) in [4.78, 5) is 21.1. The molecule has 0 amide bonds. The van der Waals surface area contributed by atoms with Crippen LogP contribution in [0.5, 0.6) is 5.75 Å². The van der Waals surface area contributed by atoms with Crippen LogP contribution in [0.1, 0.15) is 20.0 Å². The van der Waals surface area contributed by atoms with Gasteiger partial charge >= 0.3 is 27.6 Å². The van der Waals surface area contributed by atoms with Crippen molar-refractivity contribution in [3.63, 3.8) is 0 Å². The van der Waals surface area contributed by atoms with Gasteiger partial charge in [0, 0.05) is 10.1 Å². The predicted octanol–water partition coefficient (Wildman–Crippen LogP) is 2.53. The highest BCUT2D eigenvalue weighted by Gasteiger charge is 2.49. The van der Waals surface area contributed by atoms with E-state index in [0.29, 0.717) is 11.3 Å². The van der Waals surface area contributed by atoms with Crippen molar-refractivity contribution in [1.82, 2.24) is 0 Å². The van der Waals surface area contributed by atoms with Crippen LogP contribution in [0, 0.1) is 0 Å². The Balaban J connectivity index is 2.69. The van der Waals surface area contributed by atoms with Gasteiger partial charge in [-0.3, -0.25) is 0 Å². The molecule has 2 aromatic rings. The van der Waals surface area contributed by atoms with Gasteiger partial charge in [0.2, 0.25) is 0 Å². The molecule has 0 bridgehead atoms. The topological polar surface area (TPSA) is 118 Å². The van der Waals surface area contributed by atoms with Gasteiger partial charge in [0.15, 0.2) is 10.6 Å². The number of alkyl halides is 3. The van der Waals surface area contributed by atoms with E-state index in [2.05, 4.69) is 4.18 Å². The van der Waals surface area contributed by atoms with Gasteiger partial charge in [-0.05, 0) is 18.2 Å². The van der Waals surface area contributed by atoms with Crippen molar-refractivity contribution >= 4 is 43.5 Å². The quantitative estimate of drug-likeness (QED) is 0.627. The molecule has 0 radical (unpaired) electrons. The second-order valence-corrected chi connectivity index (χ2v) is 6.65. The van der Waals surface area contributed by atoms with Crippen molar-refractivity contribution in [3.05, 3.63) is 28.6 Å². The van der Waals surface area contributed by atoms with Crippen LogP contribution < -0.4 is 4.18 Å². The Hall–Kier alpha value is -2.34. The highest BCUT2D eigenvalue weighted by atomic mass is 32.2. The summed E-state index contributed by atoms with van der Waals surface area (Å²) < 4.78 is 63.2. The van der Waals surface area contributed by atoms with Crippen LogP contribution in [-0.4, -0.2) is 36.1 Å². The molecule has 0 aliphatic carbocycles. The number of halogens is 3. The molecule has 1 aromatic carbocycles. The van der Waals surface area contributed by atoms with Crippen LogP contribution in [0.25, 0.3) is 10.1 Å². The SMILES string of the molecule is O=C(O)c1ccc2c(OS(=O)(=O)C(F)(F)F)c(C(=O)O)sc2c1. The molecule has 0 aliphatic rings. The van der Waals surface area contributed by atoms with Gasteiger partial charge < -0.3 is 14.4 Å². The van der Waals surface area contributed by atoms with Crippen molar-refractivity contribution in [1.29, 1.82) is 0 Å². The van der Waals surface area contributed by atoms with Gasteiger partial charge in [0.05, 0.1) is 5.56 Å². The minimum absolute atomic E-state index is 0.0466. The summed E-state index contributed by atoms with van der Waals surface area (Å²) in [6, 6.07) is 2.96. The third-order valence-electron chi connectivity index (χ3n) is 2.56. The zero-order chi connectivity index (χ0) is 17.6. The first-order chi connectivity index (χ1) is 10.4. The zero-order valence-electron chi connectivity index (χ0n) is 10.6. The van der Waals surface area contributed by atoms with Crippen molar-refractivity contribution in [3.8, 4) is 5.75 Å². The number of benzene rings is 1. The van der Waals surface area contributed by atoms with E-state index in [0.717, 1.165) is 18.2 Å². The molecule has 2 N–H and O–H groups in total. The molecule has 0 fully saturated rings. The first-order valence-corrected chi connectivity index (χ1v) is 7.70. The third-order valence-corrected chi connectivity index (χ3v) is 4.64. The molecule has 7 nitrogen and oxygen atoms in total. The Morgan fingerprint density at radius 2 is 1.74 bits per heavy atom. The Morgan fingerprint density at radius 3 is 2.22 bits per heavy atom. The number of hydrogen-bond acceptors (Lipinski definition) is 6. The smallest absolute Gasteiger partial charge is 0.478 e. The molecule has 124 valence electrons. The van der Waals surface area contributed by atoms with Gasteiger partial charge in [0.1, 0.15) is 0 Å². The van der Waals surface area contributed by atoms with E-state index in [1.807, 2.05) is 0 Å². The lowest BCUT2D eigenvalue weighted by Crippen LogP contribution is -2.28. The predicted molar refractivity (Wildman–Crippen MR) is 71.3 cm³/mol. The summed E-state index contributed by atoms with van der Waals surface area (Å²) in [5.74, 6) is -4.07. The number of hydrogen-bond donors (Lipinski definition) is 2. The largest absolute Gasteiger partial charge is 0.534 e. The van der Waals surface area contributed by atoms with Crippen LogP contribution in [0.3, 0.4) is 0 Å². The zero-order valence-corrected chi connectivity index (χ0v) is 12.3. The lowest BCUT2D eigenvalue weighted by Gasteiger charge is -2.09. The molecule has 0 saturated heterocycles. The van der Waals surface area contributed by atoms with Crippen LogP contribution in [0.4, 0.5) is 13.2 Å². The molecule has 2 rings (SSSR count). The van der Waals surface area contributed by atoms with E-state index in [1.165, 1.54) is 0 Å². The molecule has 0 spiro atoms. The van der Waals surface area contributed by atoms with Gasteiger partial charge in [-0.15, -0.1) is 11.3 Å². The van der Waals surface area contributed by atoms with Crippen LogP contribution in [-0.2, 0) is 10.1 Å². The molecule has 1 aromatic heterocycles. The molecule has 0 unspecified atom stereocenters. The minimum atomic E-state index is -6.07. The Morgan fingerprint density at radius 1 is 1.13 bits per heavy atom. The molecular formula is C11H5F3O7S2. The summed E-state index contributed by atoms with van der Waals surface area (Å²) >= 11 is 0.395. The third kappa shape index (κ3) is 3.07. The first kappa shape index (κ1) is 17.0. The number of carbonyl (C=O) groups is 2. The molecule has 0 atom stereocenters. The summed E-state index contributed by atoms with van der Waals surface area (Å²) in [7, 11) is -6.07. The first-order valence-electron chi connectivity index (χ1n) is 5.48. The maximum atomic E-state index is 12.4. The van der Waals surface area contributed by atoms with Crippen LogP contribution in [0.2, 0.25) is 0 Å². The van der Waals surface area contributed by atoms with Gasteiger partial charge in [-0.2, -0.15) is 21.6 Å². The molecule has 0 saturated carbocycles. The second-order valence-electron chi connectivity index (χ2n) is 4.06. The summed E-state index contributed by atoms with van der Waals surface area (Å²) in [6.07, 6.45) is 0. The summed E-state index contributed by atoms with van der Waals surface area (Å²) in [6.45, 7) is 0. The van der Waals surface area contributed by atoms with Crippen molar-refractivity contribution in [2.45, 2.75) is 5.51 Å². The Labute approximate surface area is 129 Å². The lowest BCUT2D eigenvalue weighted by atomic mass is 10.1. The highest BCUT2D eigenvalue weighted by Crippen LogP contribution is 2.40. The maximum absolute atomic E-state index is 12.4. The number of thiophene rings is 1. The van der Waals surface area contributed by atoms with Crippen LogP contribution in [0.15, 0.2) is 18.2 Å². The number of aromatic carboxylic acids is 2. The molecule has 1 heterocycles. The molecule has 23 heavy (non-hydrogen) atoms. The van der Waals surface area contributed by atoms with Crippen molar-refractivity contribution < 1.29 is 45.6 Å². The summed E-state index contributed by atoms with van der Waals surface area (Å²) in [5, 5.41) is 17.6. The van der Waals surface area contributed by atoms with Crippen molar-refractivity contribution in [2.75, 3.05) is 0 Å². The van der Waals surface area contributed by atoms with Gasteiger partial charge in [-0.1, -0.05) is 0 Å². The molecule has 0 aliphatic heterocycles. The number of carboxylic acid groups (broad SMARTS) is 2. The van der Waals surface area contributed by atoms with E-state index in [4.69, 9.17) is 10.2 Å². The highest BCUT2D eigenvalue weighted by molar-refractivity contribution is 7.88. The van der Waals surface area contributed by atoms with E-state index in [-0.39, 0.29) is 15.6 Å².